The fourth-order valence-electron chi connectivity index (χ4n) is 2.23. The highest BCUT2D eigenvalue weighted by Gasteiger charge is 2.14. The number of thiazole rings is 1. The lowest BCUT2D eigenvalue weighted by atomic mass is 10.1. The Kier molecular flexibility index (Phi) is 4.38. The lowest BCUT2D eigenvalue weighted by Crippen LogP contribution is -1.94. The van der Waals surface area contributed by atoms with Gasteiger partial charge in [0.25, 0.3) is 0 Å². The van der Waals surface area contributed by atoms with E-state index in [9.17, 15) is 0 Å². The number of ether oxygens (including phenoxy) is 1. The third-order valence-electron chi connectivity index (χ3n) is 3.35. The fourth-order valence-corrected chi connectivity index (χ4v) is 4.32. The largest absolute Gasteiger partial charge is 0.486 e. The molecule has 2 nitrogen and oxygen atoms in total. The first-order valence-corrected chi connectivity index (χ1v) is 8.90. The summed E-state index contributed by atoms with van der Waals surface area (Å²) in [7, 11) is 1.61. The van der Waals surface area contributed by atoms with Gasteiger partial charge in [0.1, 0.15) is 5.01 Å². The Bertz CT molecular complexity index is 832. The van der Waals surface area contributed by atoms with Crippen molar-refractivity contribution in [2.45, 2.75) is 13.8 Å². The number of rotatable bonds is 3. The van der Waals surface area contributed by atoms with Crippen molar-refractivity contribution >= 4 is 39.9 Å². The van der Waals surface area contributed by atoms with E-state index >= 15 is 0 Å². The van der Waals surface area contributed by atoms with Gasteiger partial charge < -0.3 is 4.74 Å². The Morgan fingerprint density at radius 3 is 2.77 bits per heavy atom. The van der Waals surface area contributed by atoms with Crippen molar-refractivity contribution in [3.05, 3.63) is 51.0 Å². The normalized spacial score (nSPS) is 10.7. The zero-order valence-corrected chi connectivity index (χ0v) is 15.0. The fraction of sp³-hybridized carbons (Fsp3) is 0.176. The summed E-state index contributed by atoms with van der Waals surface area (Å²) in [4.78, 5) is 6.98. The second kappa shape index (κ2) is 6.28. The van der Waals surface area contributed by atoms with Crippen molar-refractivity contribution < 1.29 is 4.74 Å². The van der Waals surface area contributed by atoms with Crippen molar-refractivity contribution in [3.63, 3.8) is 0 Å². The summed E-state index contributed by atoms with van der Waals surface area (Å²) in [6.45, 7) is 4.19. The molecule has 0 saturated carbocycles. The van der Waals surface area contributed by atoms with Crippen molar-refractivity contribution in [1.82, 2.24) is 4.98 Å². The molecule has 0 amide bonds. The van der Waals surface area contributed by atoms with Gasteiger partial charge in [0.15, 0.2) is 0 Å². The number of benzene rings is 1. The molecule has 0 aliphatic carbocycles. The van der Waals surface area contributed by atoms with E-state index in [0.29, 0.717) is 5.05 Å². The molecule has 0 radical (unpaired) electrons. The Balaban J connectivity index is 1.97. The Morgan fingerprint density at radius 1 is 1.23 bits per heavy atom. The lowest BCUT2D eigenvalue weighted by Gasteiger charge is -1.98. The van der Waals surface area contributed by atoms with Crippen LogP contribution in [0.4, 0.5) is 0 Å². The van der Waals surface area contributed by atoms with Crippen LogP contribution in [0.25, 0.3) is 21.8 Å². The predicted molar refractivity (Wildman–Crippen MR) is 99.0 cm³/mol. The molecule has 0 N–H and O–H groups in total. The van der Waals surface area contributed by atoms with E-state index in [1.54, 1.807) is 29.8 Å². The van der Waals surface area contributed by atoms with Gasteiger partial charge in [-0.3, -0.25) is 0 Å². The van der Waals surface area contributed by atoms with E-state index in [1.165, 1.54) is 10.4 Å². The summed E-state index contributed by atoms with van der Waals surface area (Å²) in [5.41, 5.74) is 4.56. The molecule has 0 fully saturated rings. The topological polar surface area (TPSA) is 22.1 Å². The smallest absolute Gasteiger partial charge is 0.201 e. The zero-order valence-electron chi connectivity index (χ0n) is 12.5. The molecular weight excluding hydrogens is 330 g/mol. The van der Waals surface area contributed by atoms with E-state index in [0.717, 1.165) is 26.7 Å². The molecule has 3 aromatic rings. The van der Waals surface area contributed by atoms with Crippen LogP contribution in [0.2, 0.25) is 0 Å². The number of hydrogen-bond donors (Lipinski definition) is 0. The Morgan fingerprint density at radius 2 is 2.05 bits per heavy atom. The number of nitrogens with zero attached hydrogens (tertiary/aromatic N) is 1. The standard InChI is InChI=1S/C17H15NOS3/c1-10-5-4-6-12(7-10)14-9-21-16(18-14)13-8-15(17(20)19-3)22-11(13)2/h4-9H,1-3H3. The molecule has 0 saturated heterocycles. The van der Waals surface area contributed by atoms with Gasteiger partial charge in [0, 0.05) is 21.4 Å². The summed E-state index contributed by atoms with van der Waals surface area (Å²) in [5, 5.41) is 3.67. The highest BCUT2D eigenvalue weighted by molar-refractivity contribution is 7.80. The Hall–Kier alpha value is -1.56. The van der Waals surface area contributed by atoms with Crippen LogP contribution < -0.4 is 0 Å². The van der Waals surface area contributed by atoms with Crippen LogP contribution in [0.15, 0.2) is 35.7 Å². The number of thiocarbonyl (C=S) groups is 1. The summed E-state index contributed by atoms with van der Waals surface area (Å²) < 4.78 is 5.15. The molecule has 0 aliphatic heterocycles. The van der Waals surface area contributed by atoms with Crippen LogP contribution in [-0.4, -0.2) is 17.1 Å². The van der Waals surface area contributed by atoms with Crippen molar-refractivity contribution in [2.75, 3.05) is 7.11 Å². The van der Waals surface area contributed by atoms with E-state index in [1.807, 2.05) is 0 Å². The van der Waals surface area contributed by atoms with E-state index in [4.69, 9.17) is 21.9 Å². The van der Waals surface area contributed by atoms with E-state index in [-0.39, 0.29) is 0 Å². The van der Waals surface area contributed by atoms with Gasteiger partial charge in [0.05, 0.1) is 17.7 Å². The van der Waals surface area contributed by atoms with Crippen molar-refractivity contribution in [3.8, 4) is 21.8 Å². The van der Waals surface area contributed by atoms with Gasteiger partial charge >= 0.3 is 0 Å². The zero-order chi connectivity index (χ0) is 15.7. The van der Waals surface area contributed by atoms with Crippen molar-refractivity contribution in [1.29, 1.82) is 0 Å². The van der Waals surface area contributed by atoms with Crippen LogP contribution in [0.1, 0.15) is 15.3 Å². The highest BCUT2D eigenvalue weighted by Crippen LogP contribution is 2.35. The van der Waals surface area contributed by atoms with Gasteiger partial charge in [-0.1, -0.05) is 23.8 Å². The van der Waals surface area contributed by atoms with Crippen LogP contribution in [0, 0.1) is 13.8 Å². The molecule has 0 unspecified atom stereocenters. The van der Waals surface area contributed by atoms with Gasteiger partial charge in [-0.25, -0.2) is 4.98 Å². The maximum Gasteiger partial charge on any atom is 0.201 e. The second-order valence-electron chi connectivity index (χ2n) is 4.98. The van der Waals surface area contributed by atoms with Gasteiger partial charge in [0.2, 0.25) is 5.05 Å². The predicted octanol–water partition coefficient (Wildman–Crippen LogP) is 5.48. The number of aryl methyl sites for hydroxylation is 2. The van der Waals surface area contributed by atoms with Crippen LogP contribution in [-0.2, 0) is 4.74 Å². The van der Waals surface area contributed by atoms with Crippen LogP contribution in [0.5, 0.6) is 0 Å². The second-order valence-corrected chi connectivity index (χ2v) is 7.46. The van der Waals surface area contributed by atoms with Gasteiger partial charge in [-0.05, 0) is 38.2 Å². The van der Waals surface area contributed by atoms with Crippen LogP contribution in [0.3, 0.4) is 0 Å². The summed E-state index contributed by atoms with van der Waals surface area (Å²) in [6, 6.07) is 10.5. The van der Waals surface area contributed by atoms with Crippen LogP contribution >= 0.6 is 34.9 Å². The molecule has 112 valence electrons. The molecule has 0 spiro atoms. The molecule has 0 bridgehead atoms. The molecule has 5 heteroatoms. The summed E-state index contributed by atoms with van der Waals surface area (Å²) in [6.07, 6.45) is 0. The molecule has 1 aromatic carbocycles. The minimum absolute atomic E-state index is 0.537. The molecule has 22 heavy (non-hydrogen) atoms. The van der Waals surface area contributed by atoms with Gasteiger partial charge in [-0.15, -0.1) is 22.7 Å². The molecular formula is C17H15NOS3. The monoisotopic (exact) mass is 345 g/mol. The van der Waals surface area contributed by atoms with Crippen molar-refractivity contribution in [2.24, 2.45) is 0 Å². The first-order valence-electron chi connectivity index (χ1n) is 6.80. The van der Waals surface area contributed by atoms with Gasteiger partial charge in [-0.2, -0.15) is 0 Å². The average Bonchev–Trinajstić information content (AvgIpc) is 3.13. The summed E-state index contributed by atoms with van der Waals surface area (Å²) >= 11 is 8.52. The molecule has 0 aliphatic rings. The summed E-state index contributed by atoms with van der Waals surface area (Å²) in [5.74, 6) is 0. The maximum atomic E-state index is 5.21. The molecule has 2 aromatic heterocycles. The molecule has 0 atom stereocenters. The number of aromatic nitrogens is 1. The number of thiophene rings is 1. The third kappa shape index (κ3) is 2.97. The number of hydrogen-bond acceptors (Lipinski definition) is 5. The van der Waals surface area contributed by atoms with E-state index in [2.05, 4.69) is 49.6 Å². The average molecular weight is 346 g/mol. The third-order valence-corrected chi connectivity index (χ3v) is 5.79. The first-order chi connectivity index (χ1) is 10.6. The maximum absolute atomic E-state index is 5.21. The lowest BCUT2D eigenvalue weighted by molar-refractivity contribution is 0.417. The molecule has 2 heterocycles. The number of methoxy groups -OCH3 is 1. The minimum atomic E-state index is 0.537. The molecule has 3 rings (SSSR count). The first kappa shape index (κ1) is 15.3. The minimum Gasteiger partial charge on any atom is -0.486 e. The Labute approximate surface area is 143 Å². The quantitative estimate of drug-likeness (QED) is 0.587. The highest BCUT2D eigenvalue weighted by atomic mass is 32.1. The SMILES string of the molecule is COC(=S)c1cc(-c2nc(-c3cccc(C)c3)cs2)c(C)s1. The van der Waals surface area contributed by atoms with E-state index < -0.39 is 0 Å².